The summed E-state index contributed by atoms with van der Waals surface area (Å²) in [7, 11) is 0. The van der Waals surface area contributed by atoms with Crippen molar-refractivity contribution < 1.29 is 9.53 Å². The van der Waals surface area contributed by atoms with Gasteiger partial charge in [-0.3, -0.25) is 4.98 Å². The summed E-state index contributed by atoms with van der Waals surface area (Å²) >= 11 is 5.99. The van der Waals surface area contributed by atoms with E-state index in [9.17, 15) is 4.79 Å². The molecule has 0 bridgehead atoms. The van der Waals surface area contributed by atoms with Crippen molar-refractivity contribution in [3.63, 3.8) is 0 Å². The number of nitrogens with two attached hydrogens (primary N) is 1. The monoisotopic (exact) mass is 278 g/mol. The highest BCUT2D eigenvalue weighted by atomic mass is 35.5. The Morgan fingerprint density at radius 1 is 1.47 bits per heavy atom. The van der Waals surface area contributed by atoms with Crippen molar-refractivity contribution in [2.24, 2.45) is 0 Å². The van der Waals surface area contributed by atoms with Gasteiger partial charge in [0.05, 0.1) is 11.6 Å². The summed E-state index contributed by atoms with van der Waals surface area (Å²) in [4.78, 5) is 23.7. The largest absolute Gasteiger partial charge is 0.462 e. The summed E-state index contributed by atoms with van der Waals surface area (Å²) < 4.78 is 4.84. The van der Waals surface area contributed by atoms with Crippen LogP contribution in [0.1, 0.15) is 17.3 Å². The molecule has 0 atom stereocenters. The Morgan fingerprint density at radius 3 is 2.89 bits per heavy atom. The number of carbonyl (C=O) groups is 1. The predicted molar refractivity (Wildman–Crippen MR) is 70.6 cm³/mol. The fourth-order valence-corrected chi connectivity index (χ4v) is 1.63. The van der Waals surface area contributed by atoms with Crippen LogP contribution in [0.2, 0.25) is 5.02 Å². The standard InChI is InChI=1S/C12H11ClN4O2/c1-2-19-12(18)7-6-16-11(17-10(7)14)9-8(13)4-3-5-15-9/h3-6H,2H2,1H3,(H2,14,16,17). The van der Waals surface area contributed by atoms with E-state index in [2.05, 4.69) is 15.0 Å². The van der Waals surface area contributed by atoms with Crippen LogP contribution in [0.5, 0.6) is 0 Å². The van der Waals surface area contributed by atoms with E-state index in [1.54, 1.807) is 25.3 Å². The average Bonchev–Trinajstić information content (AvgIpc) is 2.39. The van der Waals surface area contributed by atoms with Gasteiger partial charge in [0, 0.05) is 12.4 Å². The molecule has 2 aromatic heterocycles. The van der Waals surface area contributed by atoms with Gasteiger partial charge in [-0.15, -0.1) is 0 Å². The van der Waals surface area contributed by atoms with Crippen molar-refractivity contribution in [3.8, 4) is 11.5 Å². The van der Waals surface area contributed by atoms with Crippen molar-refractivity contribution in [2.75, 3.05) is 12.3 Å². The minimum absolute atomic E-state index is 0.0326. The Labute approximate surface area is 114 Å². The van der Waals surface area contributed by atoms with E-state index in [1.165, 1.54) is 6.20 Å². The molecule has 98 valence electrons. The molecule has 0 radical (unpaired) electrons. The van der Waals surface area contributed by atoms with E-state index < -0.39 is 5.97 Å². The third-order valence-electron chi connectivity index (χ3n) is 2.28. The first-order valence-corrected chi connectivity index (χ1v) is 5.91. The summed E-state index contributed by atoms with van der Waals surface area (Å²) in [6.45, 7) is 1.96. The van der Waals surface area contributed by atoms with Crippen LogP contribution in [0.4, 0.5) is 5.82 Å². The highest BCUT2D eigenvalue weighted by Crippen LogP contribution is 2.23. The number of halogens is 1. The zero-order valence-electron chi connectivity index (χ0n) is 10.1. The molecule has 0 aliphatic heterocycles. The van der Waals surface area contributed by atoms with Gasteiger partial charge < -0.3 is 10.5 Å². The molecule has 0 fully saturated rings. The second-order valence-electron chi connectivity index (χ2n) is 3.55. The van der Waals surface area contributed by atoms with Crippen LogP contribution < -0.4 is 5.73 Å². The normalized spacial score (nSPS) is 10.2. The number of aromatic nitrogens is 3. The first kappa shape index (κ1) is 13.2. The molecule has 2 aromatic rings. The third-order valence-corrected chi connectivity index (χ3v) is 2.59. The second-order valence-corrected chi connectivity index (χ2v) is 3.95. The van der Waals surface area contributed by atoms with Crippen LogP contribution in [-0.4, -0.2) is 27.5 Å². The van der Waals surface area contributed by atoms with Gasteiger partial charge in [0.1, 0.15) is 17.1 Å². The summed E-state index contributed by atoms with van der Waals surface area (Å²) in [6, 6.07) is 3.37. The summed E-state index contributed by atoms with van der Waals surface area (Å²) in [5.41, 5.74) is 6.25. The lowest BCUT2D eigenvalue weighted by Gasteiger charge is -2.06. The van der Waals surface area contributed by atoms with Crippen molar-refractivity contribution in [2.45, 2.75) is 6.92 Å². The lowest BCUT2D eigenvalue weighted by molar-refractivity contribution is 0.0527. The van der Waals surface area contributed by atoms with Gasteiger partial charge in [0.15, 0.2) is 5.82 Å². The Kier molecular flexibility index (Phi) is 3.91. The van der Waals surface area contributed by atoms with Crippen molar-refractivity contribution in [1.82, 2.24) is 15.0 Å². The molecular formula is C12H11ClN4O2. The second kappa shape index (κ2) is 5.62. The van der Waals surface area contributed by atoms with Gasteiger partial charge in [-0.2, -0.15) is 0 Å². The minimum Gasteiger partial charge on any atom is -0.462 e. The van der Waals surface area contributed by atoms with Crippen molar-refractivity contribution >= 4 is 23.4 Å². The molecular weight excluding hydrogens is 268 g/mol. The number of rotatable bonds is 3. The number of pyridine rings is 1. The maximum absolute atomic E-state index is 11.6. The average molecular weight is 279 g/mol. The fourth-order valence-electron chi connectivity index (χ4n) is 1.43. The van der Waals surface area contributed by atoms with E-state index in [0.29, 0.717) is 10.7 Å². The molecule has 2 heterocycles. The predicted octanol–water partition coefficient (Wildman–Crippen LogP) is 1.95. The summed E-state index contributed by atoms with van der Waals surface area (Å²) in [5, 5.41) is 0.408. The highest BCUT2D eigenvalue weighted by Gasteiger charge is 2.15. The van der Waals surface area contributed by atoms with Crippen LogP contribution in [-0.2, 0) is 4.74 Å². The molecule has 19 heavy (non-hydrogen) atoms. The van der Waals surface area contributed by atoms with Gasteiger partial charge >= 0.3 is 5.97 Å². The van der Waals surface area contributed by atoms with Crippen molar-refractivity contribution in [3.05, 3.63) is 35.1 Å². The SMILES string of the molecule is CCOC(=O)c1cnc(-c2ncccc2Cl)nc1N. The number of nitrogen functional groups attached to an aromatic ring is 1. The number of carbonyl (C=O) groups excluding carboxylic acids is 1. The smallest absolute Gasteiger partial charge is 0.343 e. The maximum atomic E-state index is 11.6. The first-order chi connectivity index (χ1) is 9.13. The molecule has 0 unspecified atom stereocenters. The van der Waals surface area contributed by atoms with E-state index in [-0.39, 0.29) is 23.8 Å². The zero-order valence-corrected chi connectivity index (χ0v) is 10.9. The molecule has 0 spiro atoms. The van der Waals surface area contributed by atoms with Crippen LogP contribution in [0, 0.1) is 0 Å². The summed E-state index contributed by atoms with van der Waals surface area (Å²) in [5.74, 6) is -0.264. The first-order valence-electron chi connectivity index (χ1n) is 5.54. The number of anilines is 1. The molecule has 0 saturated carbocycles. The minimum atomic E-state index is -0.557. The highest BCUT2D eigenvalue weighted by molar-refractivity contribution is 6.32. The Bertz CT molecular complexity index is 618. The fraction of sp³-hybridized carbons (Fsp3) is 0.167. The maximum Gasteiger partial charge on any atom is 0.343 e. The summed E-state index contributed by atoms with van der Waals surface area (Å²) in [6.07, 6.45) is 2.88. The van der Waals surface area contributed by atoms with Gasteiger partial charge in [0.2, 0.25) is 0 Å². The molecule has 0 aliphatic rings. The van der Waals surface area contributed by atoms with Gasteiger partial charge in [0.25, 0.3) is 0 Å². The van der Waals surface area contributed by atoms with Crippen LogP contribution in [0.3, 0.4) is 0 Å². The number of nitrogens with zero attached hydrogens (tertiary/aromatic N) is 3. The number of hydrogen-bond acceptors (Lipinski definition) is 6. The van der Waals surface area contributed by atoms with Gasteiger partial charge in [-0.05, 0) is 19.1 Å². The topological polar surface area (TPSA) is 91.0 Å². The van der Waals surface area contributed by atoms with E-state index in [0.717, 1.165) is 0 Å². The van der Waals surface area contributed by atoms with Gasteiger partial charge in [-0.25, -0.2) is 14.8 Å². The Morgan fingerprint density at radius 2 is 2.26 bits per heavy atom. The molecule has 0 aromatic carbocycles. The van der Waals surface area contributed by atoms with Crippen LogP contribution in [0.15, 0.2) is 24.5 Å². The zero-order chi connectivity index (χ0) is 13.8. The molecule has 0 amide bonds. The quantitative estimate of drug-likeness (QED) is 0.863. The molecule has 0 aliphatic carbocycles. The molecule has 2 rings (SSSR count). The molecule has 7 heteroatoms. The van der Waals surface area contributed by atoms with Crippen LogP contribution >= 0.6 is 11.6 Å². The molecule has 0 saturated heterocycles. The molecule has 2 N–H and O–H groups in total. The van der Waals surface area contributed by atoms with Crippen molar-refractivity contribution in [1.29, 1.82) is 0 Å². The third kappa shape index (κ3) is 2.79. The lowest BCUT2D eigenvalue weighted by Crippen LogP contribution is -2.11. The van der Waals surface area contributed by atoms with E-state index in [4.69, 9.17) is 22.1 Å². The number of ether oxygens (including phenoxy) is 1. The Balaban J connectivity index is 2.39. The number of hydrogen-bond donors (Lipinski definition) is 1. The Hall–Kier alpha value is -2.21. The lowest BCUT2D eigenvalue weighted by atomic mass is 10.3. The van der Waals surface area contributed by atoms with Gasteiger partial charge in [-0.1, -0.05) is 11.6 Å². The molecule has 6 nitrogen and oxygen atoms in total. The van der Waals surface area contributed by atoms with Crippen LogP contribution in [0.25, 0.3) is 11.5 Å². The number of esters is 1. The van der Waals surface area contributed by atoms with E-state index in [1.807, 2.05) is 0 Å². The van der Waals surface area contributed by atoms with E-state index >= 15 is 0 Å².